The van der Waals surface area contributed by atoms with Crippen molar-refractivity contribution in [1.82, 2.24) is 29.9 Å². The molecule has 0 saturated carbocycles. The molecule has 4 heterocycles. The molecule has 1 saturated heterocycles. The molecule has 8 nitrogen and oxygen atoms in total. The van der Waals surface area contributed by atoms with Crippen LogP contribution in [0.25, 0.3) is 11.0 Å². The number of ether oxygens (including phenoxy) is 1. The second kappa shape index (κ2) is 6.30. The van der Waals surface area contributed by atoms with Crippen molar-refractivity contribution in [3.8, 4) is 0 Å². The first kappa shape index (κ1) is 15.8. The predicted molar refractivity (Wildman–Crippen MR) is 93.7 cm³/mol. The van der Waals surface area contributed by atoms with E-state index in [1.54, 1.807) is 0 Å². The van der Waals surface area contributed by atoms with Gasteiger partial charge in [0.15, 0.2) is 11.5 Å². The van der Waals surface area contributed by atoms with Crippen molar-refractivity contribution < 1.29 is 4.74 Å². The van der Waals surface area contributed by atoms with Gasteiger partial charge >= 0.3 is 0 Å². The van der Waals surface area contributed by atoms with Crippen molar-refractivity contribution in [3.05, 3.63) is 21.6 Å². The number of anilines is 2. The maximum atomic E-state index is 6.14. The quantitative estimate of drug-likeness (QED) is 0.641. The van der Waals surface area contributed by atoms with E-state index in [9.17, 15) is 0 Å². The average molecular weight is 413 g/mol. The number of aryl methyl sites for hydroxylation is 1. The van der Waals surface area contributed by atoms with Gasteiger partial charge in [0, 0.05) is 25.0 Å². The lowest BCUT2D eigenvalue weighted by molar-refractivity contribution is 0.0672. The van der Waals surface area contributed by atoms with Crippen LogP contribution in [0.1, 0.15) is 24.6 Å². The Kier molecular flexibility index (Phi) is 4.15. The highest BCUT2D eigenvalue weighted by Crippen LogP contribution is 2.34. The average Bonchev–Trinajstić information content (AvgIpc) is 3.11. The van der Waals surface area contributed by atoms with E-state index in [2.05, 4.69) is 46.5 Å². The molecule has 0 radical (unpaired) electrons. The Balaban J connectivity index is 1.81. The summed E-state index contributed by atoms with van der Waals surface area (Å²) in [5.74, 6) is 1.23. The summed E-state index contributed by atoms with van der Waals surface area (Å²) in [4.78, 5) is 8.70. The lowest BCUT2D eigenvalue weighted by Crippen LogP contribution is -2.20. The monoisotopic (exact) mass is 411 g/mol. The molecule has 3 aromatic heterocycles. The van der Waals surface area contributed by atoms with Crippen molar-refractivity contribution in [3.63, 3.8) is 0 Å². The standard InChI is InChI=1S/C14H15BrClN7O/c1-7-6-9(21-20-7)17-12-10-11(15)22-23(8-2-4-24-5-3-8)13(10)19-14(16)18-12/h6,8H,2-5H2,1H3,(H2,17,18,19,20,21). The lowest BCUT2D eigenvalue weighted by Gasteiger charge is -2.22. The van der Waals surface area contributed by atoms with Crippen LogP contribution in [0.15, 0.2) is 10.7 Å². The Labute approximate surface area is 151 Å². The highest BCUT2D eigenvalue weighted by molar-refractivity contribution is 9.10. The molecule has 1 aliphatic rings. The molecule has 0 amide bonds. The number of H-pyrrole nitrogens is 1. The zero-order chi connectivity index (χ0) is 16.7. The number of aromatic nitrogens is 6. The highest BCUT2D eigenvalue weighted by Gasteiger charge is 2.24. The molecule has 0 bridgehead atoms. The largest absolute Gasteiger partial charge is 0.381 e. The summed E-state index contributed by atoms with van der Waals surface area (Å²) in [5, 5.41) is 15.8. The molecule has 0 aliphatic carbocycles. The summed E-state index contributed by atoms with van der Waals surface area (Å²) in [5.41, 5.74) is 1.65. The van der Waals surface area contributed by atoms with Crippen LogP contribution in [0.2, 0.25) is 5.28 Å². The third kappa shape index (κ3) is 2.87. The first-order chi connectivity index (χ1) is 11.6. The van der Waals surface area contributed by atoms with E-state index < -0.39 is 0 Å². The topological polar surface area (TPSA) is 93.5 Å². The number of fused-ring (bicyclic) bond motifs is 1. The molecule has 10 heteroatoms. The van der Waals surface area contributed by atoms with Crippen LogP contribution < -0.4 is 5.32 Å². The van der Waals surface area contributed by atoms with E-state index in [4.69, 9.17) is 16.3 Å². The minimum absolute atomic E-state index is 0.165. The second-order valence-corrected chi connectivity index (χ2v) is 6.77. The van der Waals surface area contributed by atoms with Crippen LogP contribution in [-0.4, -0.2) is 43.2 Å². The Morgan fingerprint density at radius 2 is 2.17 bits per heavy atom. The zero-order valence-corrected chi connectivity index (χ0v) is 15.2. The van der Waals surface area contributed by atoms with Crippen molar-refractivity contribution in [2.45, 2.75) is 25.8 Å². The van der Waals surface area contributed by atoms with Crippen LogP contribution in [0.3, 0.4) is 0 Å². The van der Waals surface area contributed by atoms with E-state index in [0.717, 1.165) is 37.1 Å². The van der Waals surface area contributed by atoms with Crippen LogP contribution >= 0.6 is 27.5 Å². The second-order valence-electron chi connectivity index (χ2n) is 5.68. The van der Waals surface area contributed by atoms with Gasteiger partial charge in [-0.2, -0.15) is 20.2 Å². The van der Waals surface area contributed by atoms with Crippen molar-refractivity contribution in [2.24, 2.45) is 0 Å². The van der Waals surface area contributed by atoms with E-state index in [1.807, 2.05) is 17.7 Å². The molecule has 0 spiro atoms. The van der Waals surface area contributed by atoms with Crippen molar-refractivity contribution >= 4 is 50.2 Å². The Morgan fingerprint density at radius 1 is 1.38 bits per heavy atom. The minimum Gasteiger partial charge on any atom is -0.381 e. The number of nitrogens with zero attached hydrogens (tertiary/aromatic N) is 5. The van der Waals surface area contributed by atoms with Gasteiger partial charge in [0.25, 0.3) is 0 Å². The third-order valence-corrected chi connectivity index (χ3v) is 4.69. The molecule has 24 heavy (non-hydrogen) atoms. The first-order valence-electron chi connectivity index (χ1n) is 7.60. The van der Waals surface area contributed by atoms with Gasteiger partial charge in [-0.1, -0.05) is 0 Å². The Morgan fingerprint density at radius 3 is 2.88 bits per heavy atom. The van der Waals surface area contributed by atoms with Gasteiger partial charge in [0.05, 0.1) is 11.4 Å². The molecule has 2 N–H and O–H groups in total. The molecular weight excluding hydrogens is 398 g/mol. The lowest BCUT2D eigenvalue weighted by atomic mass is 10.1. The molecule has 0 aromatic carbocycles. The molecule has 0 atom stereocenters. The molecule has 1 fully saturated rings. The van der Waals surface area contributed by atoms with Crippen LogP contribution in [0.4, 0.5) is 11.6 Å². The van der Waals surface area contributed by atoms with E-state index in [1.165, 1.54) is 0 Å². The van der Waals surface area contributed by atoms with Crippen LogP contribution in [0, 0.1) is 6.92 Å². The van der Waals surface area contributed by atoms with Gasteiger partial charge in [-0.05, 0) is 47.3 Å². The summed E-state index contributed by atoms with van der Waals surface area (Å²) in [6.07, 6.45) is 1.79. The summed E-state index contributed by atoms with van der Waals surface area (Å²) in [7, 11) is 0. The van der Waals surface area contributed by atoms with Gasteiger partial charge in [-0.3, -0.25) is 5.10 Å². The van der Waals surface area contributed by atoms with Crippen molar-refractivity contribution in [2.75, 3.05) is 18.5 Å². The molecule has 126 valence electrons. The molecule has 3 aromatic rings. The number of rotatable bonds is 3. The highest BCUT2D eigenvalue weighted by atomic mass is 79.9. The molecule has 4 rings (SSSR count). The fraction of sp³-hybridized carbons (Fsp3) is 0.429. The fourth-order valence-corrected chi connectivity index (χ4v) is 3.55. The van der Waals surface area contributed by atoms with E-state index in [0.29, 0.717) is 21.9 Å². The fourth-order valence-electron chi connectivity index (χ4n) is 2.85. The van der Waals surface area contributed by atoms with Gasteiger partial charge in [0.1, 0.15) is 10.4 Å². The number of aromatic amines is 1. The number of nitrogens with one attached hydrogen (secondary N) is 2. The maximum absolute atomic E-state index is 6.14. The number of halogens is 2. The predicted octanol–water partition coefficient (Wildman–Crippen LogP) is 3.37. The van der Waals surface area contributed by atoms with Crippen LogP contribution in [0.5, 0.6) is 0 Å². The number of hydrogen-bond donors (Lipinski definition) is 2. The van der Waals surface area contributed by atoms with Gasteiger partial charge in [-0.15, -0.1) is 0 Å². The van der Waals surface area contributed by atoms with E-state index in [-0.39, 0.29) is 11.3 Å². The van der Waals surface area contributed by atoms with Gasteiger partial charge in [-0.25, -0.2) is 4.68 Å². The van der Waals surface area contributed by atoms with Gasteiger partial charge in [0.2, 0.25) is 5.28 Å². The summed E-state index contributed by atoms with van der Waals surface area (Å²) < 4.78 is 8.02. The number of hydrogen-bond acceptors (Lipinski definition) is 6. The minimum atomic E-state index is 0.165. The summed E-state index contributed by atoms with van der Waals surface area (Å²) in [6, 6.07) is 2.12. The molecular formula is C14H15BrClN7O. The maximum Gasteiger partial charge on any atom is 0.226 e. The Bertz CT molecular complexity index is 887. The molecule has 1 aliphatic heterocycles. The summed E-state index contributed by atoms with van der Waals surface area (Å²) >= 11 is 9.67. The first-order valence-corrected chi connectivity index (χ1v) is 8.77. The van der Waals surface area contributed by atoms with Crippen LogP contribution in [-0.2, 0) is 4.74 Å². The molecule has 0 unspecified atom stereocenters. The van der Waals surface area contributed by atoms with Gasteiger partial charge < -0.3 is 10.1 Å². The van der Waals surface area contributed by atoms with Crippen molar-refractivity contribution in [1.29, 1.82) is 0 Å². The summed E-state index contributed by atoms with van der Waals surface area (Å²) in [6.45, 7) is 3.38. The SMILES string of the molecule is Cc1cc(Nc2nc(Cl)nc3c2c(Br)nn3C2CCOCC2)n[nH]1. The smallest absolute Gasteiger partial charge is 0.226 e. The zero-order valence-electron chi connectivity index (χ0n) is 12.9. The Hall–Kier alpha value is -1.71. The van der Waals surface area contributed by atoms with E-state index >= 15 is 0 Å². The normalized spacial score (nSPS) is 16.0. The third-order valence-electron chi connectivity index (χ3n) is 3.97.